The summed E-state index contributed by atoms with van der Waals surface area (Å²) >= 11 is 0. The van der Waals surface area contributed by atoms with Gasteiger partial charge in [-0.15, -0.1) is 10.2 Å². The van der Waals surface area contributed by atoms with Crippen LogP contribution in [0.25, 0.3) is 10.9 Å². The SMILES string of the molecule is Cc1ccc2[nH]cc(CCC(=O)N(C)C[C@H](C)c3nn[nH]n3)c2c1. The summed E-state index contributed by atoms with van der Waals surface area (Å²) in [6.45, 7) is 4.64. The number of carbonyl (C=O) groups is 1. The maximum atomic E-state index is 12.4. The number of nitrogens with zero attached hydrogens (tertiary/aromatic N) is 4. The first-order valence-corrected chi connectivity index (χ1v) is 8.08. The summed E-state index contributed by atoms with van der Waals surface area (Å²) in [7, 11) is 1.82. The molecule has 0 saturated heterocycles. The molecule has 0 unspecified atom stereocenters. The minimum absolute atomic E-state index is 0.0495. The highest BCUT2D eigenvalue weighted by atomic mass is 16.2. The molecule has 2 N–H and O–H groups in total. The van der Waals surface area contributed by atoms with E-state index in [4.69, 9.17) is 0 Å². The molecule has 0 aliphatic rings. The number of aromatic amines is 2. The van der Waals surface area contributed by atoms with Crippen LogP contribution < -0.4 is 0 Å². The number of nitrogens with one attached hydrogen (secondary N) is 2. The third-order valence-corrected chi connectivity index (χ3v) is 4.31. The molecule has 3 aromatic rings. The molecule has 1 amide bonds. The van der Waals surface area contributed by atoms with Gasteiger partial charge in [-0.3, -0.25) is 4.79 Å². The molecule has 0 aliphatic carbocycles. The average Bonchev–Trinajstić information content (AvgIpc) is 3.22. The molecule has 0 aliphatic heterocycles. The van der Waals surface area contributed by atoms with E-state index in [2.05, 4.69) is 50.7 Å². The number of amides is 1. The van der Waals surface area contributed by atoms with Gasteiger partial charge in [0.1, 0.15) is 0 Å². The van der Waals surface area contributed by atoms with Crippen molar-refractivity contribution >= 4 is 16.8 Å². The van der Waals surface area contributed by atoms with Gasteiger partial charge in [-0.25, -0.2) is 0 Å². The Morgan fingerprint density at radius 3 is 2.96 bits per heavy atom. The summed E-state index contributed by atoms with van der Waals surface area (Å²) in [4.78, 5) is 17.4. The highest BCUT2D eigenvalue weighted by Gasteiger charge is 2.17. The molecule has 1 aromatic carbocycles. The van der Waals surface area contributed by atoms with Crippen LogP contribution in [0.4, 0.5) is 0 Å². The van der Waals surface area contributed by atoms with Crippen molar-refractivity contribution in [1.82, 2.24) is 30.5 Å². The van der Waals surface area contributed by atoms with Crippen LogP contribution >= 0.6 is 0 Å². The lowest BCUT2D eigenvalue weighted by Gasteiger charge is -2.19. The van der Waals surface area contributed by atoms with Gasteiger partial charge < -0.3 is 9.88 Å². The first-order valence-electron chi connectivity index (χ1n) is 8.08. The highest BCUT2D eigenvalue weighted by Crippen LogP contribution is 2.21. The van der Waals surface area contributed by atoms with Crippen molar-refractivity contribution in [2.45, 2.75) is 32.6 Å². The molecule has 7 nitrogen and oxygen atoms in total. The van der Waals surface area contributed by atoms with Crippen LogP contribution in [0.15, 0.2) is 24.4 Å². The van der Waals surface area contributed by atoms with E-state index < -0.39 is 0 Å². The monoisotopic (exact) mass is 326 g/mol. The second-order valence-electron chi connectivity index (χ2n) is 6.31. The fourth-order valence-corrected chi connectivity index (χ4v) is 2.90. The standard InChI is InChI=1S/C17H22N6O/c1-11-4-6-15-14(8-11)13(9-18-15)5-7-16(24)23(3)10-12(2)17-19-21-22-20-17/h4,6,8-9,12,18H,5,7,10H2,1-3H3,(H,19,20,21,22)/t12-/m0/s1. The predicted octanol–water partition coefficient (Wildman–Crippen LogP) is 2.18. The van der Waals surface area contributed by atoms with Crippen LogP contribution in [0.3, 0.4) is 0 Å². The van der Waals surface area contributed by atoms with Gasteiger partial charge in [-0.05, 0) is 31.0 Å². The first-order chi connectivity index (χ1) is 11.5. The smallest absolute Gasteiger partial charge is 0.222 e. The maximum absolute atomic E-state index is 12.4. The highest BCUT2D eigenvalue weighted by molar-refractivity contribution is 5.84. The van der Waals surface area contributed by atoms with E-state index in [-0.39, 0.29) is 11.8 Å². The summed E-state index contributed by atoms with van der Waals surface area (Å²) in [6.07, 6.45) is 3.21. The molecule has 0 fully saturated rings. The zero-order valence-electron chi connectivity index (χ0n) is 14.2. The van der Waals surface area contributed by atoms with Gasteiger partial charge in [0, 0.05) is 43.0 Å². The molecule has 0 saturated carbocycles. The van der Waals surface area contributed by atoms with Crippen LogP contribution in [-0.4, -0.2) is 50.0 Å². The Balaban J connectivity index is 1.59. The number of rotatable bonds is 6. The van der Waals surface area contributed by atoms with E-state index in [1.54, 1.807) is 4.90 Å². The van der Waals surface area contributed by atoms with Gasteiger partial charge >= 0.3 is 0 Å². The number of tetrazole rings is 1. The van der Waals surface area contributed by atoms with Gasteiger partial charge in [0.25, 0.3) is 0 Å². The second-order valence-corrected chi connectivity index (χ2v) is 6.31. The van der Waals surface area contributed by atoms with Crippen molar-refractivity contribution in [3.63, 3.8) is 0 Å². The van der Waals surface area contributed by atoms with Gasteiger partial charge in [0.15, 0.2) is 5.82 Å². The van der Waals surface area contributed by atoms with Gasteiger partial charge in [0.05, 0.1) is 0 Å². The third-order valence-electron chi connectivity index (χ3n) is 4.31. The fraction of sp³-hybridized carbons (Fsp3) is 0.412. The largest absolute Gasteiger partial charge is 0.361 e. The third kappa shape index (κ3) is 3.45. The number of likely N-dealkylation sites (N-methyl/N-ethyl adjacent to an activating group) is 1. The molecular weight excluding hydrogens is 304 g/mol. The molecule has 3 rings (SSSR count). The number of aryl methyl sites for hydroxylation is 2. The van der Waals surface area contributed by atoms with E-state index in [0.29, 0.717) is 18.8 Å². The van der Waals surface area contributed by atoms with E-state index in [1.807, 2.05) is 20.2 Å². The number of hydrogen-bond donors (Lipinski definition) is 2. The Labute approximate surface area is 140 Å². The number of benzene rings is 1. The van der Waals surface area contributed by atoms with Crippen molar-refractivity contribution < 1.29 is 4.79 Å². The lowest BCUT2D eigenvalue weighted by molar-refractivity contribution is -0.130. The normalized spacial score (nSPS) is 12.5. The van der Waals surface area contributed by atoms with E-state index in [9.17, 15) is 4.79 Å². The summed E-state index contributed by atoms with van der Waals surface area (Å²) in [5.74, 6) is 0.794. The lowest BCUT2D eigenvalue weighted by atomic mass is 10.1. The Morgan fingerprint density at radius 2 is 2.21 bits per heavy atom. The van der Waals surface area contributed by atoms with Gasteiger partial charge in [-0.2, -0.15) is 5.21 Å². The molecule has 24 heavy (non-hydrogen) atoms. The van der Waals surface area contributed by atoms with Crippen molar-refractivity contribution in [2.24, 2.45) is 0 Å². The molecule has 2 heterocycles. The van der Waals surface area contributed by atoms with Crippen LogP contribution in [0.2, 0.25) is 0 Å². The van der Waals surface area contributed by atoms with Crippen molar-refractivity contribution in [2.75, 3.05) is 13.6 Å². The van der Waals surface area contributed by atoms with Gasteiger partial charge in [-0.1, -0.05) is 23.8 Å². The Bertz CT molecular complexity index is 823. The molecule has 0 spiro atoms. The Kier molecular flexibility index (Phi) is 4.59. The molecular formula is C17H22N6O. The average molecular weight is 326 g/mol. The number of fused-ring (bicyclic) bond motifs is 1. The van der Waals surface area contributed by atoms with E-state index >= 15 is 0 Å². The number of aromatic nitrogens is 5. The topological polar surface area (TPSA) is 90.6 Å². The van der Waals surface area contributed by atoms with Crippen molar-refractivity contribution in [3.8, 4) is 0 Å². The Hall–Kier alpha value is -2.70. The van der Waals surface area contributed by atoms with E-state index in [0.717, 1.165) is 11.9 Å². The fourth-order valence-electron chi connectivity index (χ4n) is 2.90. The maximum Gasteiger partial charge on any atom is 0.222 e. The number of hydrogen-bond acceptors (Lipinski definition) is 4. The second kappa shape index (κ2) is 6.82. The zero-order valence-corrected chi connectivity index (χ0v) is 14.2. The lowest BCUT2D eigenvalue weighted by Crippen LogP contribution is -2.30. The van der Waals surface area contributed by atoms with E-state index in [1.165, 1.54) is 16.5 Å². The minimum Gasteiger partial charge on any atom is -0.361 e. The van der Waals surface area contributed by atoms with Crippen LogP contribution in [-0.2, 0) is 11.2 Å². The molecule has 1 atom stereocenters. The minimum atomic E-state index is 0.0495. The molecule has 7 heteroatoms. The summed E-state index contributed by atoms with van der Waals surface area (Å²) in [5, 5.41) is 15.1. The van der Waals surface area contributed by atoms with Crippen molar-refractivity contribution in [3.05, 3.63) is 41.3 Å². The van der Waals surface area contributed by atoms with Crippen LogP contribution in [0.5, 0.6) is 0 Å². The number of H-pyrrole nitrogens is 2. The first kappa shape index (κ1) is 16.2. The summed E-state index contributed by atoms with van der Waals surface area (Å²) < 4.78 is 0. The quantitative estimate of drug-likeness (QED) is 0.726. The molecule has 0 radical (unpaired) electrons. The Morgan fingerprint density at radius 1 is 1.38 bits per heavy atom. The molecule has 0 bridgehead atoms. The molecule has 2 aromatic heterocycles. The summed E-state index contributed by atoms with van der Waals surface area (Å²) in [6, 6.07) is 6.32. The van der Waals surface area contributed by atoms with Crippen molar-refractivity contribution in [1.29, 1.82) is 0 Å². The number of carbonyl (C=O) groups excluding carboxylic acids is 1. The predicted molar refractivity (Wildman–Crippen MR) is 91.6 cm³/mol. The van der Waals surface area contributed by atoms with Crippen LogP contribution in [0.1, 0.15) is 36.2 Å². The zero-order chi connectivity index (χ0) is 17.1. The van der Waals surface area contributed by atoms with Crippen LogP contribution in [0, 0.1) is 6.92 Å². The molecule has 126 valence electrons. The van der Waals surface area contributed by atoms with Gasteiger partial charge in [0.2, 0.25) is 5.91 Å². The summed E-state index contributed by atoms with van der Waals surface area (Å²) in [5.41, 5.74) is 3.52.